The van der Waals surface area contributed by atoms with Gasteiger partial charge in [-0.2, -0.15) is 15.2 Å². The number of likely N-dealkylation sites (tertiary alicyclic amines) is 1. The first kappa shape index (κ1) is 38.0. The third kappa shape index (κ3) is 9.52. The molecule has 2 aromatic carbocycles. The number of hydrogen-bond donors (Lipinski definition) is 5. The summed E-state index contributed by atoms with van der Waals surface area (Å²) in [6.45, 7) is 6.88. The third-order valence-corrected chi connectivity index (χ3v) is 10.8. The summed E-state index contributed by atoms with van der Waals surface area (Å²) in [5, 5.41) is 25.5. The summed E-state index contributed by atoms with van der Waals surface area (Å²) < 4.78 is 0. The molecule has 4 aliphatic heterocycles. The number of para-hydroxylation sites is 2. The van der Waals surface area contributed by atoms with Crippen molar-refractivity contribution in [1.29, 1.82) is 5.26 Å². The maximum absolute atomic E-state index is 12.6. The van der Waals surface area contributed by atoms with Crippen LogP contribution in [0.4, 0.5) is 44.5 Å². The predicted molar refractivity (Wildman–Crippen MR) is 215 cm³/mol. The van der Waals surface area contributed by atoms with Crippen molar-refractivity contribution in [3.05, 3.63) is 82.1 Å². The Kier molecular flexibility index (Phi) is 12.4. The van der Waals surface area contributed by atoms with E-state index in [9.17, 15) is 9.59 Å². The van der Waals surface area contributed by atoms with E-state index in [2.05, 4.69) is 57.5 Å². The average molecular weight is 785 g/mol. The molecule has 0 saturated carbocycles. The summed E-state index contributed by atoms with van der Waals surface area (Å²) in [6.07, 6.45) is 7.90. The van der Waals surface area contributed by atoms with E-state index in [4.69, 9.17) is 28.5 Å². The van der Waals surface area contributed by atoms with Crippen molar-refractivity contribution in [2.24, 2.45) is 11.8 Å². The Bertz CT molecular complexity index is 2030. The van der Waals surface area contributed by atoms with Gasteiger partial charge in [-0.15, -0.1) is 0 Å². The predicted octanol–water partition coefficient (Wildman–Crippen LogP) is 6.42. The third-order valence-electron chi connectivity index (χ3n) is 10.2. The number of anilines is 6. The molecule has 0 spiro atoms. The molecule has 0 atom stereocenters. The summed E-state index contributed by atoms with van der Waals surface area (Å²) >= 11 is 12.5. The van der Waals surface area contributed by atoms with E-state index in [1.807, 2.05) is 36.4 Å². The Morgan fingerprint density at radius 3 is 1.67 bits per heavy atom. The number of aromatic nitrogens is 4. The standard InChI is InChI=1S/C20H22ClN7O.C18H21ClN6O/c21-16-3-1-2-4-17(16)28-13-15-12-24-19(25-18(15)26-20(28)29)23-11-14-5-8-27(9-6-14)10-7-22;19-14-3-1-2-4-15(14)25-11-13-10-22-17(23-16(13)24-18(25)26)21-9-12-5-7-20-8-6-12/h1-4,12,14H,5-6,8-11,13H2,(H2,23,24,25,26,29);1-4,10,12,20H,5-9,11H2,(H2,21,22,23,24,26). The van der Waals surface area contributed by atoms with Gasteiger partial charge in [0.1, 0.15) is 11.6 Å². The topological polar surface area (TPSA) is 179 Å². The van der Waals surface area contributed by atoms with Crippen molar-refractivity contribution in [2.45, 2.75) is 38.8 Å². The first-order valence-electron chi connectivity index (χ1n) is 18.5. The Morgan fingerprint density at radius 2 is 1.20 bits per heavy atom. The van der Waals surface area contributed by atoms with E-state index in [0.29, 0.717) is 76.4 Å². The fourth-order valence-corrected chi connectivity index (χ4v) is 7.47. The Morgan fingerprint density at radius 1 is 0.727 bits per heavy atom. The second-order valence-corrected chi connectivity index (χ2v) is 14.7. The highest BCUT2D eigenvalue weighted by molar-refractivity contribution is 6.34. The van der Waals surface area contributed by atoms with E-state index < -0.39 is 0 Å². The summed E-state index contributed by atoms with van der Waals surface area (Å²) in [4.78, 5) is 48.2. The van der Waals surface area contributed by atoms with E-state index in [1.165, 1.54) is 0 Å². The fraction of sp³-hybridized carbons (Fsp3) is 0.395. The van der Waals surface area contributed by atoms with Gasteiger partial charge < -0.3 is 16.0 Å². The number of hydrogen-bond acceptors (Lipinski definition) is 11. The van der Waals surface area contributed by atoms with Crippen LogP contribution in [-0.2, 0) is 13.1 Å². The number of carbonyl (C=O) groups excluding carboxylic acids is 2. The van der Waals surface area contributed by atoms with Crippen molar-refractivity contribution < 1.29 is 9.59 Å². The van der Waals surface area contributed by atoms with Crippen molar-refractivity contribution in [1.82, 2.24) is 30.2 Å². The van der Waals surface area contributed by atoms with Crippen molar-refractivity contribution in [3.63, 3.8) is 0 Å². The van der Waals surface area contributed by atoms with Crippen LogP contribution >= 0.6 is 23.2 Å². The van der Waals surface area contributed by atoms with E-state index in [0.717, 1.165) is 76.1 Å². The number of nitriles is 1. The molecular formula is C38H43Cl2N13O2. The maximum Gasteiger partial charge on any atom is 0.327 e. The van der Waals surface area contributed by atoms with Crippen LogP contribution in [-0.4, -0.2) is 82.7 Å². The molecule has 17 heteroatoms. The van der Waals surface area contributed by atoms with E-state index in [1.54, 1.807) is 34.3 Å². The van der Waals surface area contributed by atoms with Crippen LogP contribution in [0.3, 0.4) is 0 Å². The van der Waals surface area contributed by atoms with Crippen LogP contribution in [0.1, 0.15) is 36.8 Å². The normalized spacial score (nSPS) is 17.5. The number of halogens is 2. The number of carbonyl (C=O) groups is 2. The first-order valence-corrected chi connectivity index (χ1v) is 19.3. The van der Waals surface area contributed by atoms with Crippen molar-refractivity contribution in [3.8, 4) is 6.07 Å². The van der Waals surface area contributed by atoms with Gasteiger partial charge >= 0.3 is 12.1 Å². The Balaban J connectivity index is 0.000000170. The molecule has 2 fully saturated rings. The number of benzene rings is 2. The summed E-state index contributed by atoms with van der Waals surface area (Å²) in [5.74, 6) is 3.29. The zero-order valence-electron chi connectivity index (χ0n) is 30.3. The van der Waals surface area contributed by atoms with Crippen LogP contribution in [0.5, 0.6) is 0 Å². The van der Waals surface area contributed by atoms with Crippen LogP contribution < -0.4 is 36.4 Å². The van der Waals surface area contributed by atoms with Gasteiger partial charge in [0.15, 0.2) is 0 Å². The molecule has 2 saturated heterocycles. The number of rotatable bonds is 9. The lowest BCUT2D eigenvalue weighted by Gasteiger charge is -2.30. The van der Waals surface area contributed by atoms with Crippen LogP contribution in [0.25, 0.3) is 0 Å². The number of fused-ring (bicyclic) bond motifs is 2. The van der Waals surface area contributed by atoms with Crippen molar-refractivity contribution in [2.75, 3.05) is 76.9 Å². The molecule has 4 aromatic rings. The molecule has 0 unspecified atom stereocenters. The second-order valence-electron chi connectivity index (χ2n) is 13.9. The minimum atomic E-state index is -0.264. The lowest BCUT2D eigenvalue weighted by Crippen LogP contribution is -2.39. The molecule has 5 N–H and O–H groups in total. The smallest absolute Gasteiger partial charge is 0.327 e. The largest absolute Gasteiger partial charge is 0.354 e. The summed E-state index contributed by atoms with van der Waals surface area (Å²) in [5.41, 5.74) is 3.02. The van der Waals surface area contributed by atoms with Gasteiger partial charge in [-0.3, -0.25) is 25.3 Å². The quantitative estimate of drug-likeness (QED) is 0.118. The highest BCUT2D eigenvalue weighted by Gasteiger charge is 2.29. The van der Waals surface area contributed by atoms with Gasteiger partial charge in [0.05, 0.1) is 47.1 Å². The van der Waals surface area contributed by atoms with E-state index in [-0.39, 0.29) is 12.1 Å². The van der Waals surface area contributed by atoms with Gasteiger partial charge in [0, 0.05) is 36.6 Å². The fourth-order valence-electron chi connectivity index (χ4n) is 6.99. The minimum absolute atomic E-state index is 0.242. The van der Waals surface area contributed by atoms with Gasteiger partial charge in [-0.1, -0.05) is 47.5 Å². The lowest BCUT2D eigenvalue weighted by atomic mass is 9.97. The molecule has 4 amide bonds. The monoisotopic (exact) mass is 783 g/mol. The van der Waals surface area contributed by atoms with Gasteiger partial charge in [0.2, 0.25) is 11.9 Å². The van der Waals surface area contributed by atoms with Crippen LogP contribution in [0.15, 0.2) is 60.9 Å². The van der Waals surface area contributed by atoms with Crippen LogP contribution in [0.2, 0.25) is 10.0 Å². The molecule has 6 heterocycles. The minimum Gasteiger partial charge on any atom is -0.354 e. The zero-order valence-corrected chi connectivity index (χ0v) is 31.8. The summed E-state index contributed by atoms with van der Waals surface area (Å²) in [6, 6.07) is 16.2. The number of piperidine rings is 2. The molecular weight excluding hydrogens is 741 g/mol. The van der Waals surface area contributed by atoms with Crippen LogP contribution in [0, 0.1) is 23.2 Å². The number of urea groups is 2. The molecule has 55 heavy (non-hydrogen) atoms. The highest BCUT2D eigenvalue weighted by Crippen LogP contribution is 2.33. The van der Waals surface area contributed by atoms with E-state index >= 15 is 0 Å². The Labute approximate surface area is 329 Å². The molecule has 2 aromatic heterocycles. The first-order chi connectivity index (χ1) is 26.8. The Hall–Kier alpha value is -5.27. The molecule has 0 radical (unpaired) electrons. The van der Waals surface area contributed by atoms with Gasteiger partial charge in [0.25, 0.3) is 0 Å². The van der Waals surface area contributed by atoms with Gasteiger partial charge in [-0.05, 0) is 88.0 Å². The summed E-state index contributed by atoms with van der Waals surface area (Å²) in [7, 11) is 0. The SMILES string of the molecule is N#CCN1CCC(CNc2ncc3c(n2)NC(=O)N(c2ccccc2Cl)C3)CC1.O=C1Nc2nc(NCC3CCNCC3)ncc2CN1c1ccccc1Cl. The van der Waals surface area contributed by atoms with Gasteiger partial charge in [-0.25, -0.2) is 19.6 Å². The molecule has 0 aliphatic carbocycles. The molecule has 286 valence electrons. The maximum atomic E-state index is 12.6. The highest BCUT2D eigenvalue weighted by atomic mass is 35.5. The number of nitrogens with one attached hydrogen (secondary N) is 5. The number of nitrogens with zero attached hydrogens (tertiary/aromatic N) is 8. The molecule has 8 rings (SSSR count). The molecule has 4 aliphatic rings. The zero-order chi connectivity index (χ0) is 38.1. The lowest BCUT2D eigenvalue weighted by molar-refractivity contribution is 0.208. The molecule has 0 bridgehead atoms. The van der Waals surface area contributed by atoms with Crippen molar-refractivity contribution >= 4 is 70.2 Å². The number of amides is 4. The average Bonchev–Trinajstić information content (AvgIpc) is 3.20. The molecule has 15 nitrogen and oxygen atoms in total. The second kappa shape index (κ2) is 17.9.